The number of amides is 1. The predicted octanol–water partition coefficient (Wildman–Crippen LogP) is 3.05. The molecule has 7 nitrogen and oxygen atoms in total. The molecule has 1 amide bonds. The van der Waals surface area contributed by atoms with E-state index in [9.17, 15) is 18.5 Å². The van der Waals surface area contributed by atoms with Gasteiger partial charge in [0.05, 0.1) is 22.6 Å². The summed E-state index contributed by atoms with van der Waals surface area (Å²) in [5.74, 6) is 0.0594. The maximum atomic E-state index is 13.0. The first-order valence-electron chi connectivity index (χ1n) is 9.19. The Labute approximate surface area is 164 Å². The molecule has 0 saturated heterocycles. The number of carbonyl (C=O) groups excluding carboxylic acids is 1. The van der Waals surface area contributed by atoms with Crippen LogP contribution < -0.4 is 5.32 Å². The zero-order valence-corrected chi connectivity index (χ0v) is 16.4. The van der Waals surface area contributed by atoms with Crippen molar-refractivity contribution in [2.45, 2.75) is 42.9 Å². The normalized spacial score (nSPS) is 15.7. The lowest BCUT2D eigenvalue weighted by Gasteiger charge is -2.21. The van der Waals surface area contributed by atoms with Crippen LogP contribution in [-0.2, 0) is 14.6 Å². The summed E-state index contributed by atoms with van der Waals surface area (Å²) in [4.78, 5) is 21.0. The lowest BCUT2D eigenvalue weighted by molar-refractivity contribution is -0.118. The lowest BCUT2D eigenvalue weighted by atomic mass is 9.86. The van der Waals surface area contributed by atoms with Gasteiger partial charge in [-0.1, -0.05) is 31.7 Å². The molecule has 1 N–H and O–H groups in total. The van der Waals surface area contributed by atoms with Gasteiger partial charge in [0, 0.05) is 18.6 Å². The molecule has 1 unspecified atom stereocenters. The van der Waals surface area contributed by atoms with Crippen LogP contribution in [0.4, 0.5) is 5.82 Å². The number of sulfone groups is 1. The highest BCUT2D eigenvalue weighted by atomic mass is 32.2. The molecule has 146 valence electrons. The van der Waals surface area contributed by atoms with E-state index < -0.39 is 15.8 Å². The number of aromatic nitrogens is 2. The predicted molar refractivity (Wildman–Crippen MR) is 104 cm³/mol. The fourth-order valence-corrected chi connectivity index (χ4v) is 4.55. The van der Waals surface area contributed by atoms with Crippen LogP contribution in [0.15, 0.2) is 41.7 Å². The summed E-state index contributed by atoms with van der Waals surface area (Å²) in [7, 11) is -3.52. The second-order valence-electron chi connectivity index (χ2n) is 7.16. The number of rotatable bonds is 6. The van der Waals surface area contributed by atoms with Crippen molar-refractivity contribution in [3.63, 3.8) is 0 Å². The number of benzene rings is 1. The van der Waals surface area contributed by atoms with Crippen LogP contribution in [0.5, 0.6) is 0 Å². The van der Waals surface area contributed by atoms with Crippen molar-refractivity contribution < 1.29 is 13.2 Å². The van der Waals surface area contributed by atoms with Crippen LogP contribution in [0, 0.1) is 17.2 Å². The van der Waals surface area contributed by atoms with E-state index in [2.05, 4.69) is 15.3 Å². The molecule has 1 heterocycles. The number of nitrogens with zero attached hydrogens (tertiary/aromatic N) is 3. The number of anilines is 1. The van der Waals surface area contributed by atoms with Gasteiger partial charge in [0.1, 0.15) is 6.07 Å². The minimum Gasteiger partial charge on any atom is -0.309 e. The largest absolute Gasteiger partial charge is 0.309 e. The third-order valence-electron chi connectivity index (χ3n) is 5.10. The van der Waals surface area contributed by atoms with E-state index in [1.807, 2.05) is 6.07 Å². The van der Waals surface area contributed by atoms with E-state index in [4.69, 9.17) is 0 Å². The summed E-state index contributed by atoms with van der Waals surface area (Å²) in [6.45, 7) is 0. The number of hydrogen-bond donors (Lipinski definition) is 1. The third kappa shape index (κ3) is 4.73. The van der Waals surface area contributed by atoms with Crippen molar-refractivity contribution in [2.75, 3.05) is 11.6 Å². The molecule has 1 aliphatic carbocycles. The highest BCUT2D eigenvalue weighted by Gasteiger charge is 2.28. The first-order chi connectivity index (χ1) is 13.4. The monoisotopic (exact) mass is 398 g/mol. The molecule has 1 aliphatic rings. The van der Waals surface area contributed by atoms with Crippen molar-refractivity contribution in [3.05, 3.63) is 47.9 Å². The number of carbonyl (C=O) groups is 1. The molecular weight excluding hydrogens is 376 g/mol. The maximum absolute atomic E-state index is 13.0. The molecule has 0 aliphatic heterocycles. The lowest BCUT2D eigenvalue weighted by Crippen LogP contribution is -2.24. The van der Waals surface area contributed by atoms with Crippen molar-refractivity contribution in [1.29, 1.82) is 5.26 Å². The summed E-state index contributed by atoms with van der Waals surface area (Å²) >= 11 is 0. The van der Waals surface area contributed by atoms with E-state index in [1.165, 1.54) is 30.7 Å². The zero-order valence-electron chi connectivity index (χ0n) is 15.6. The first-order valence-corrected chi connectivity index (χ1v) is 11.1. The van der Waals surface area contributed by atoms with Crippen molar-refractivity contribution in [2.24, 2.45) is 5.92 Å². The molecule has 1 saturated carbocycles. The molecule has 1 atom stereocenters. The van der Waals surface area contributed by atoms with Gasteiger partial charge < -0.3 is 5.32 Å². The molecule has 8 heteroatoms. The SMILES string of the molecule is CS(=O)(=O)c1ccc(C(CC2CCCC2)C(=O)Nc2cnccn2)cc1C#N. The fraction of sp³-hybridized carbons (Fsp3) is 0.400. The first kappa shape index (κ1) is 20.0. The molecule has 1 fully saturated rings. The molecule has 2 aromatic rings. The van der Waals surface area contributed by atoms with Gasteiger partial charge in [-0.3, -0.25) is 9.78 Å². The van der Waals surface area contributed by atoms with Gasteiger partial charge in [-0.15, -0.1) is 0 Å². The van der Waals surface area contributed by atoms with Crippen molar-refractivity contribution in [3.8, 4) is 6.07 Å². The van der Waals surface area contributed by atoms with Gasteiger partial charge in [0.2, 0.25) is 5.91 Å². The Hall–Kier alpha value is -2.79. The van der Waals surface area contributed by atoms with E-state index in [0.717, 1.165) is 31.9 Å². The highest BCUT2D eigenvalue weighted by Crippen LogP contribution is 2.35. The zero-order chi connectivity index (χ0) is 20.1. The van der Waals surface area contributed by atoms with Crippen LogP contribution in [-0.4, -0.2) is 30.5 Å². The van der Waals surface area contributed by atoms with Gasteiger partial charge in [0.25, 0.3) is 0 Å². The Kier molecular flexibility index (Phi) is 6.05. The molecule has 28 heavy (non-hydrogen) atoms. The van der Waals surface area contributed by atoms with Gasteiger partial charge >= 0.3 is 0 Å². The fourth-order valence-electron chi connectivity index (χ4n) is 3.73. The molecule has 0 bridgehead atoms. The average molecular weight is 398 g/mol. The Balaban J connectivity index is 1.94. The summed E-state index contributed by atoms with van der Waals surface area (Å²) < 4.78 is 23.8. The standard InChI is InChI=1S/C20H22N4O3S/c1-28(26,27)18-7-6-15(11-16(18)12-21)17(10-14-4-2-3-5-14)20(25)24-19-13-22-8-9-23-19/h6-9,11,13-14,17H,2-5,10H2,1H3,(H,23,24,25). The maximum Gasteiger partial charge on any atom is 0.233 e. The molecule has 0 spiro atoms. The van der Waals surface area contributed by atoms with Gasteiger partial charge in [-0.25, -0.2) is 13.4 Å². The van der Waals surface area contributed by atoms with Gasteiger partial charge in [-0.2, -0.15) is 5.26 Å². The molecule has 1 aromatic heterocycles. The second-order valence-corrected chi connectivity index (χ2v) is 9.14. The molecule has 1 aromatic carbocycles. The Morgan fingerprint density at radius 1 is 1.32 bits per heavy atom. The summed E-state index contributed by atoms with van der Waals surface area (Å²) in [6, 6.07) is 6.52. The van der Waals surface area contributed by atoms with Gasteiger partial charge in [0.15, 0.2) is 15.7 Å². The third-order valence-corrected chi connectivity index (χ3v) is 6.26. The second kappa shape index (κ2) is 8.48. The van der Waals surface area contributed by atoms with Gasteiger partial charge in [-0.05, 0) is 30.0 Å². The van der Waals surface area contributed by atoms with E-state index in [-0.39, 0.29) is 16.4 Å². The number of nitrogens with one attached hydrogen (secondary N) is 1. The quantitative estimate of drug-likeness (QED) is 0.800. The summed E-state index contributed by atoms with van der Waals surface area (Å²) in [5.41, 5.74) is 0.695. The van der Waals surface area contributed by atoms with Crippen molar-refractivity contribution in [1.82, 2.24) is 9.97 Å². The van der Waals surface area contributed by atoms with E-state index >= 15 is 0 Å². The van der Waals surface area contributed by atoms with Crippen LogP contribution in [0.3, 0.4) is 0 Å². The van der Waals surface area contributed by atoms with Crippen molar-refractivity contribution >= 4 is 21.6 Å². The minimum atomic E-state index is -3.52. The van der Waals surface area contributed by atoms with Crippen LogP contribution in [0.2, 0.25) is 0 Å². The Morgan fingerprint density at radius 3 is 2.68 bits per heavy atom. The summed E-state index contributed by atoms with van der Waals surface area (Å²) in [5, 5.41) is 12.2. The number of nitriles is 1. The van der Waals surface area contributed by atoms with Crippen LogP contribution in [0.25, 0.3) is 0 Å². The molecular formula is C20H22N4O3S. The highest BCUT2D eigenvalue weighted by molar-refractivity contribution is 7.90. The minimum absolute atomic E-state index is 0.0206. The van der Waals surface area contributed by atoms with E-state index in [1.54, 1.807) is 6.07 Å². The topological polar surface area (TPSA) is 113 Å². The molecule has 3 rings (SSSR count). The smallest absolute Gasteiger partial charge is 0.233 e. The Bertz CT molecular complexity index is 994. The average Bonchev–Trinajstić information content (AvgIpc) is 3.19. The van der Waals surface area contributed by atoms with E-state index in [0.29, 0.717) is 23.7 Å². The van der Waals surface area contributed by atoms with Crippen LogP contribution >= 0.6 is 0 Å². The molecule has 0 radical (unpaired) electrons. The van der Waals surface area contributed by atoms with Crippen LogP contribution in [0.1, 0.15) is 49.1 Å². The Morgan fingerprint density at radius 2 is 2.07 bits per heavy atom. The number of hydrogen-bond acceptors (Lipinski definition) is 6. The summed E-state index contributed by atoms with van der Waals surface area (Å²) in [6.07, 6.45) is 10.7.